The highest BCUT2D eigenvalue weighted by molar-refractivity contribution is 7.89. The number of esters is 1. The largest absolute Gasteiger partial charge is 0.452 e. The minimum absolute atomic E-state index is 0.0489. The lowest BCUT2D eigenvalue weighted by Gasteiger charge is -2.26. The molecule has 0 saturated carbocycles. The second kappa shape index (κ2) is 9.92. The Morgan fingerprint density at radius 2 is 1.84 bits per heavy atom. The van der Waals surface area contributed by atoms with E-state index in [2.05, 4.69) is 5.32 Å². The number of hydrogen-bond donors (Lipinski definition) is 1. The van der Waals surface area contributed by atoms with Crippen LogP contribution in [0, 0.1) is 5.82 Å². The second-order valence-electron chi connectivity index (χ2n) is 6.41. The molecule has 1 N–H and O–H groups in total. The van der Waals surface area contributed by atoms with Crippen LogP contribution in [0.15, 0.2) is 41.3 Å². The Hall–Kier alpha value is -2.24. The average molecular weight is 491 g/mol. The standard InChI is InChI=1S/C19H17Cl2FN2O6S/c20-12-1-4-16(22)17(9-12)23-18(25)11-30-19(26)14-10-13(2-3-15(14)21)31(27,28)24-5-7-29-8-6-24/h1-4,9-10H,5-8,11H2,(H,23,25). The van der Waals surface area contributed by atoms with Crippen LogP contribution in [-0.4, -0.2) is 57.5 Å². The van der Waals surface area contributed by atoms with Gasteiger partial charge in [0.15, 0.2) is 6.61 Å². The minimum atomic E-state index is -3.86. The molecular weight excluding hydrogens is 474 g/mol. The summed E-state index contributed by atoms with van der Waals surface area (Å²) in [6.45, 7) is 0.158. The zero-order chi connectivity index (χ0) is 22.6. The highest BCUT2D eigenvalue weighted by Gasteiger charge is 2.28. The fourth-order valence-electron chi connectivity index (χ4n) is 2.75. The van der Waals surface area contributed by atoms with Crippen LogP contribution in [0.5, 0.6) is 0 Å². The second-order valence-corrected chi connectivity index (χ2v) is 9.19. The zero-order valence-electron chi connectivity index (χ0n) is 15.9. The number of hydrogen-bond acceptors (Lipinski definition) is 6. The Balaban J connectivity index is 1.69. The molecule has 0 spiro atoms. The normalized spacial score (nSPS) is 14.8. The first kappa shape index (κ1) is 23.4. The molecule has 166 valence electrons. The van der Waals surface area contributed by atoms with Crippen LogP contribution in [0.25, 0.3) is 0 Å². The van der Waals surface area contributed by atoms with E-state index in [-0.39, 0.29) is 52.5 Å². The molecule has 3 rings (SSSR count). The number of morpholine rings is 1. The topological polar surface area (TPSA) is 102 Å². The average Bonchev–Trinajstić information content (AvgIpc) is 2.75. The van der Waals surface area contributed by atoms with Crippen molar-refractivity contribution in [3.05, 3.63) is 57.8 Å². The van der Waals surface area contributed by atoms with E-state index in [9.17, 15) is 22.4 Å². The van der Waals surface area contributed by atoms with Gasteiger partial charge >= 0.3 is 5.97 Å². The summed E-state index contributed by atoms with van der Waals surface area (Å²) in [7, 11) is -3.86. The van der Waals surface area contributed by atoms with Crippen molar-refractivity contribution in [3.8, 4) is 0 Å². The summed E-state index contributed by atoms with van der Waals surface area (Å²) < 4.78 is 50.5. The van der Waals surface area contributed by atoms with Crippen LogP contribution in [0.3, 0.4) is 0 Å². The molecule has 31 heavy (non-hydrogen) atoms. The molecule has 1 amide bonds. The van der Waals surface area contributed by atoms with E-state index in [4.69, 9.17) is 32.7 Å². The van der Waals surface area contributed by atoms with Gasteiger partial charge in [-0.25, -0.2) is 17.6 Å². The van der Waals surface area contributed by atoms with Crippen molar-refractivity contribution < 1.29 is 31.9 Å². The summed E-state index contributed by atoms with van der Waals surface area (Å²) in [4.78, 5) is 24.2. The number of carbonyl (C=O) groups is 2. The van der Waals surface area contributed by atoms with Gasteiger partial charge in [-0.3, -0.25) is 4.79 Å². The predicted molar refractivity (Wildman–Crippen MR) is 111 cm³/mol. The molecule has 1 aliphatic rings. The molecule has 2 aromatic carbocycles. The molecule has 0 atom stereocenters. The van der Waals surface area contributed by atoms with Gasteiger partial charge in [-0.1, -0.05) is 23.2 Å². The monoisotopic (exact) mass is 490 g/mol. The maximum Gasteiger partial charge on any atom is 0.340 e. The first-order valence-corrected chi connectivity index (χ1v) is 11.2. The predicted octanol–water partition coefficient (Wildman–Crippen LogP) is 2.95. The molecule has 0 aliphatic carbocycles. The number of nitrogens with one attached hydrogen (secondary N) is 1. The van der Waals surface area contributed by atoms with Crippen LogP contribution in [0.2, 0.25) is 10.0 Å². The Morgan fingerprint density at radius 3 is 2.55 bits per heavy atom. The van der Waals surface area contributed by atoms with Crippen LogP contribution in [0.4, 0.5) is 10.1 Å². The Kier molecular flexibility index (Phi) is 7.50. The van der Waals surface area contributed by atoms with Gasteiger partial charge in [0.1, 0.15) is 5.82 Å². The first-order valence-electron chi connectivity index (χ1n) is 8.98. The van der Waals surface area contributed by atoms with Crippen molar-refractivity contribution in [2.24, 2.45) is 0 Å². The smallest absolute Gasteiger partial charge is 0.340 e. The fraction of sp³-hybridized carbons (Fsp3) is 0.263. The van der Waals surface area contributed by atoms with Crippen LogP contribution in [-0.2, 0) is 24.3 Å². The third-order valence-corrected chi connectivity index (χ3v) is 6.76. The summed E-state index contributed by atoms with van der Waals surface area (Å²) in [5.74, 6) is -2.54. The number of nitrogens with zero attached hydrogens (tertiary/aromatic N) is 1. The van der Waals surface area contributed by atoms with E-state index >= 15 is 0 Å². The summed E-state index contributed by atoms with van der Waals surface area (Å²) >= 11 is 11.8. The highest BCUT2D eigenvalue weighted by Crippen LogP contribution is 2.24. The molecule has 12 heteroatoms. The van der Waals surface area contributed by atoms with E-state index in [1.807, 2.05) is 0 Å². The SMILES string of the molecule is O=C(COC(=O)c1cc(S(=O)(=O)N2CCOCC2)ccc1Cl)Nc1cc(Cl)ccc1F. The molecule has 8 nitrogen and oxygen atoms in total. The molecule has 1 saturated heterocycles. The van der Waals surface area contributed by atoms with Crippen LogP contribution in [0.1, 0.15) is 10.4 Å². The Bertz CT molecular complexity index is 1110. The summed E-state index contributed by atoms with van der Waals surface area (Å²) in [5, 5.41) is 2.39. The van der Waals surface area contributed by atoms with E-state index < -0.39 is 34.3 Å². The molecular formula is C19H17Cl2FN2O6S. The lowest BCUT2D eigenvalue weighted by atomic mass is 10.2. The molecule has 0 bridgehead atoms. The summed E-state index contributed by atoms with van der Waals surface area (Å²) in [6.07, 6.45) is 0. The van der Waals surface area contributed by atoms with E-state index in [0.29, 0.717) is 0 Å². The molecule has 1 aliphatic heterocycles. The van der Waals surface area contributed by atoms with Crippen LogP contribution < -0.4 is 5.32 Å². The fourth-order valence-corrected chi connectivity index (χ4v) is 4.55. The number of sulfonamides is 1. The van der Waals surface area contributed by atoms with Crippen molar-refractivity contribution in [1.29, 1.82) is 0 Å². The Labute approximate surface area is 187 Å². The molecule has 1 fully saturated rings. The molecule has 0 radical (unpaired) electrons. The van der Waals surface area contributed by atoms with Crippen molar-refractivity contribution in [1.82, 2.24) is 4.31 Å². The molecule has 1 heterocycles. The molecule has 2 aromatic rings. The van der Waals surface area contributed by atoms with Crippen molar-refractivity contribution in [3.63, 3.8) is 0 Å². The van der Waals surface area contributed by atoms with Gasteiger partial charge in [0.25, 0.3) is 5.91 Å². The first-order chi connectivity index (χ1) is 14.7. The van der Waals surface area contributed by atoms with Crippen molar-refractivity contribution in [2.45, 2.75) is 4.90 Å². The van der Waals surface area contributed by atoms with E-state index in [0.717, 1.165) is 12.1 Å². The van der Waals surface area contributed by atoms with Gasteiger partial charge in [-0.2, -0.15) is 4.31 Å². The highest BCUT2D eigenvalue weighted by atomic mass is 35.5. The number of halogens is 3. The minimum Gasteiger partial charge on any atom is -0.452 e. The van der Waals surface area contributed by atoms with Crippen molar-refractivity contribution in [2.75, 3.05) is 38.2 Å². The number of anilines is 1. The third-order valence-electron chi connectivity index (χ3n) is 4.30. The van der Waals surface area contributed by atoms with Crippen LogP contribution >= 0.6 is 23.2 Å². The van der Waals surface area contributed by atoms with E-state index in [1.54, 1.807) is 0 Å². The summed E-state index contributed by atoms with van der Waals surface area (Å²) in [5.41, 5.74) is -0.400. The maximum atomic E-state index is 13.7. The van der Waals surface area contributed by atoms with E-state index in [1.165, 1.54) is 28.6 Å². The van der Waals surface area contributed by atoms with Gasteiger partial charge in [0, 0.05) is 18.1 Å². The summed E-state index contributed by atoms with van der Waals surface area (Å²) in [6, 6.07) is 7.21. The zero-order valence-corrected chi connectivity index (χ0v) is 18.3. The number of ether oxygens (including phenoxy) is 2. The quantitative estimate of drug-likeness (QED) is 0.624. The van der Waals surface area contributed by atoms with Gasteiger partial charge in [0.2, 0.25) is 10.0 Å². The van der Waals surface area contributed by atoms with Gasteiger partial charge in [-0.15, -0.1) is 0 Å². The lowest BCUT2D eigenvalue weighted by Crippen LogP contribution is -2.40. The van der Waals surface area contributed by atoms with Gasteiger partial charge in [-0.05, 0) is 36.4 Å². The molecule has 0 unspecified atom stereocenters. The van der Waals surface area contributed by atoms with Crippen molar-refractivity contribution >= 4 is 50.8 Å². The number of carbonyl (C=O) groups excluding carboxylic acids is 2. The maximum absolute atomic E-state index is 13.7. The third kappa shape index (κ3) is 5.72. The number of benzene rings is 2. The van der Waals surface area contributed by atoms with Gasteiger partial charge < -0.3 is 14.8 Å². The number of rotatable bonds is 6. The Morgan fingerprint density at radius 1 is 1.13 bits per heavy atom. The number of amides is 1. The molecule has 0 aromatic heterocycles. The lowest BCUT2D eigenvalue weighted by molar-refractivity contribution is -0.119. The van der Waals surface area contributed by atoms with Gasteiger partial charge in [0.05, 0.1) is 34.4 Å².